The largest absolute Gasteiger partial charge is 0.497 e. The lowest BCUT2D eigenvalue weighted by atomic mass is 10.0. The minimum atomic E-state index is -3.56. The topological polar surface area (TPSA) is 80.1 Å². The Bertz CT molecular complexity index is 1280. The SMILES string of the molecule is CCN(CC)S(=O)(=O)c1ccc2c(c1)CCCN2C(=O)c1oc2ccc(OC)cc2c1C. The van der Waals surface area contributed by atoms with Crippen LogP contribution in [0.1, 0.15) is 41.9 Å². The molecule has 1 aliphatic rings. The first-order valence-corrected chi connectivity index (χ1v) is 12.3. The molecule has 0 bridgehead atoms. The number of carbonyl (C=O) groups excluding carboxylic acids is 1. The van der Waals surface area contributed by atoms with Crippen molar-refractivity contribution in [2.45, 2.75) is 38.5 Å². The van der Waals surface area contributed by atoms with Crippen LogP contribution in [0.25, 0.3) is 11.0 Å². The Morgan fingerprint density at radius 3 is 2.59 bits per heavy atom. The molecular formula is C24H28N2O5S. The highest BCUT2D eigenvalue weighted by Crippen LogP contribution is 2.34. The molecule has 0 aliphatic carbocycles. The van der Waals surface area contributed by atoms with Crippen LogP contribution in [0.5, 0.6) is 5.75 Å². The molecule has 2 heterocycles. The van der Waals surface area contributed by atoms with Crippen molar-refractivity contribution < 1.29 is 22.4 Å². The predicted octanol–water partition coefficient (Wildman–Crippen LogP) is 4.37. The number of furan rings is 1. The van der Waals surface area contributed by atoms with E-state index in [4.69, 9.17) is 9.15 Å². The Labute approximate surface area is 188 Å². The van der Waals surface area contributed by atoms with Gasteiger partial charge >= 0.3 is 0 Å². The molecule has 0 fully saturated rings. The third-order valence-corrected chi connectivity index (χ3v) is 8.14. The monoisotopic (exact) mass is 456 g/mol. The van der Waals surface area contributed by atoms with E-state index in [1.54, 1.807) is 42.3 Å². The van der Waals surface area contributed by atoms with E-state index >= 15 is 0 Å². The highest BCUT2D eigenvalue weighted by Gasteiger charge is 2.30. The Morgan fingerprint density at radius 2 is 1.91 bits per heavy atom. The molecule has 1 aliphatic heterocycles. The van der Waals surface area contributed by atoms with Gasteiger partial charge in [0.25, 0.3) is 5.91 Å². The van der Waals surface area contributed by atoms with E-state index in [0.717, 1.165) is 35.0 Å². The maximum atomic E-state index is 13.5. The van der Waals surface area contributed by atoms with Crippen LogP contribution in [0, 0.1) is 6.92 Å². The number of methoxy groups -OCH3 is 1. The van der Waals surface area contributed by atoms with Gasteiger partial charge in [-0.15, -0.1) is 0 Å². The quantitative estimate of drug-likeness (QED) is 0.550. The number of sulfonamides is 1. The van der Waals surface area contributed by atoms with Crippen molar-refractivity contribution in [2.24, 2.45) is 0 Å². The van der Waals surface area contributed by atoms with Crippen molar-refractivity contribution >= 4 is 32.6 Å². The molecule has 0 radical (unpaired) electrons. The van der Waals surface area contributed by atoms with E-state index in [-0.39, 0.29) is 10.8 Å². The van der Waals surface area contributed by atoms with E-state index in [1.807, 2.05) is 26.8 Å². The maximum Gasteiger partial charge on any atom is 0.294 e. The lowest BCUT2D eigenvalue weighted by molar-refractivity contribution is 0.0959. The molecule has 7 nitrogen and oxygen atoms in total. The summed E-state index contributed by atoms with van der Waals surface area (Å²) in [5, 5.41) is 0.839. The normalized spacial score (nSPS) is 14.1. The number of hydrogen-bond acceptors (Lipinski definition) is 5. The molecule has 0 unspecified atom stereocenters. The van der Waals surface area contributed by atoms with Gasteiger partial charge in [-0.1, -0.05) is 13.8 Å². The molecule has 3 aromatic rings. The van der Waals surface area contributed by atoms with Crippen LogP contribution in [0.2, 0.25) is 0 Å². The highest BCUT2D eigenvalue weighted by atomic mass is 32.2. The van der Waals surface area contributed by atoms with Crippen LogP contribution in [-0.2, 0) is 16.4 Å². The molecule has 0 N–H and O–H groups in total. The number of benzene rings is 2. The molecule has 4 rings (SSSR count). The Hall–Kier alpha value is -2.84. The maximum absolute atomic E-state index is 13.5. The minimum absolute atomic E-state index is 0.224. The first-order valence-electron chi connectivity index (χ1n) is 10.8. The third-order valence-electron chi connectivity index (χ3n) is 6.10. The number of aryl methyl sites for hydroxylation is 2. The van der Waals surface area contributed by atoms with Gasteiger partial charge in [-0.25, -0.2) is 8.42 Å². The summed E-state index contributed by atoms with van der Waals surface area (Å²) in [5.41, 5.74) is 2.98. The van der Waals surface area contributed by atoms with E-state index < -0.39 is 10.0 Å². The van der Waals surface area contributed by atoms with Gasteiger partial charge in [-0.3, -0.25) is 4.79 Å². The van der Waals surface area contributed by atoms with Crippen LogP contribution in [0.3, 0.4) is 0 Å². The summed E-state index contributed by atoms with van der Waals surface area (Å²) in [6, 6.07) is 10.5. The van der Waals surface area contributed by atoms with Crippen molar-refractivity contribution in [3.05, 3.63) is 53.3 Å². The zero-order chi connectivity index (χ0) is 23.0. The van der Waals surface area contributed by atoms with Gasteiger partial charge in [0.05, 0.1) is 12.0 Å². The molecule has 0 saturated heterocycles. The Balaban J connectivity index is 1.71. The zero-order valence-electron chi connectivity index (χ0n) is 18.8. The van der Waals surface area contributed by atoms with Gasteiger partial charge in [0, 0.05) is 36.3 Å². The summed E-state index contributed by atoms with van der Waals surface area (Å²) < 4.78 is 38.5. The minimum Gasteiger partial charge on any atom is -0.497 e. The van der Waals surface area contributed by atoms with Crippen molar-refractivity contribution in [3.63, 3.8) is 0 Å². The fourth-order valence-corrected chi connectivity index (χ4v) is 5.82. The van der Waals surface area contributed by atoms with E-state index in [9.17, 15) is 13.2 Å². The summed E-state index contributed by atoms with van der Waals surface area (Å²) >= 11 is 0. The fourth-order valence-electron chi connectivity index (χ4n) is 4.31. The number of anilines is 1. The van der Waals surface area contributed by atoms with Crippen molar-refractivity contribution in [2.75, 3.05) is 31.6 Å². The molecule has 32 heavy (non-hydrogen) atoms. The van der Waals surface area contributed by atoms with Gasteiger partial charge in [0.15, 0.2) is 5.76 Å². The molecule has 0 saturated carbocycles. The average molecular weight is 457 g/mol. The standard InChI is InChI=1S/C24H28N2O5S/c1-5-25(6-2)32(28,29)19-10-11-21-17(14-19)8-7-13-26(21)24(27)23-16(3)20-15-18(30-4)9-12-22(20)31-23/h9-12,14-15H,5-8,13H2,1-4H3. The van der Waals surface area contributed by atoms with Crippen LogP contribution < -0.4 is 9.64 Å². The second-order valence-corrected chi connectivity index (χ2v) is 9.80. The lowest BCUT2D eigenvalue weighted by Crippen LogP contribution is -2.36. The van der Waals surface area contributed by atoms with Gasteiger partial charge in [0.2, 0.25) is 10.0 Å². The molecule has 2 aromatic carbocycles. The van der Waals surface area contributed by atoms with Gasteiger partial charge in [0.1, 0.15) is 11.3 Å². The first-order chi connectivity index (χ1) is 15.3. The number of hydrogen-bond donors (Lipinski definition) is 0. The van der Waals surface area contributed by atoms with Crippen molar-refractivity contribution in [3.8, 4) is 5.75 Å². The molecular weight excluding hydrogens is 428 g/mol. The second kappa shape index (κ2) is 8.60. The number of fused-ring (bicyclic) bond motifs is 2. The summed E-state index contributed by atoms with van der Waals surface area (Å²) in [4.78, 5) is 15.4. The summed E-state index contributed by atoms with van der Waals surface area (Å²) in [7, 11) is -1.96. The molecule has 8 heteroatoms. The highest BCUT2D eigenvalue weighted by molar-refractivity contribution is 7.89. The molecule has 170 valence electrons. The van der Waals surface area contributed by atoms with Gasteiger partial charge < -0.3 is 14.1 Å². The Morgan fingerprint density at radius 1 is 1.16 bits per heavy atom. The number of rotatable bonds is 6. The van der Waals surface area contributed by atoms with Crippen LogP contribution in [0.4, 0.5) is 5.69 Å². The van der Waals surface area contributed by atoms with Crippen molar-refractivity contribution in [1.82, 2.24) is 4.31 Å². The summed E-state index contributed by atoms with van der Waals surface area (Å²) in [5.74, 6) is 0.768. The molecule has 0 atom stereocenters. The second-order valence-electron chi connectivity index (χ2n) is 7.86. The van der Waals surface area contributed by atoms with E-state index in [1.165, 1.54) is 4.31 Å². The average Bonchev–Trinajstić information content (AvgIpc) is 3.14. The van der Waals surface area contributed by atoms with E-state index in [2.05, 4.69) is 0 Å². The molecule has 1 amide bonds. The smallest absolute Gasteiger partial charge is 0.294 e. The lowest BCUT2D eigenvalue weighted by Gasteiger charge is -2.30. The first kappa shape index (κ1) is 22.4. The Kier molecular flexibility index (Phi) is 6.01. The fraction of sp³-hybridized carbons (Fsp3) is 0.375. The van der Waals surface area contributed by atoms with Crippen LogP contribution >= 0.6 is 0 Å². The number of carbonyl (C=O) groups is 1. The third kappa shape index (κ3) is 3.67. The summed E-state index contributed by atoms with van der Waals surface area (Å²) in [6.45, 7) is 6.89. The van der Waals surface area contributed by atoms with Crippen LogP contribution in [-0.4, -0.2) is 45.4 Å². The molecule has 0 spiro atoms. The van der Waals surface area contributed by atoms with Crippen molar-refractivity contribution in [1.29, 1.82) is 0 Å². The van der Waals surface area contributed by atoms with Gasteiger partial charge in [-0.05, 0) is 61.7 Å². The zero-order valence-corrected chi connectivity index (χ0v) is 19.7. The van der Waals surface area contributed by atoms with Crippen LogP contribution in [0.15, 0.2) is 45.7 Å². The summed E-state index contributed by atoms with van der Waals surface area (Å²) in [6.07, 6.45) is 1.47. The number of amides is 1. The number of nitrogens with zero attached hydrogens (tertiary/aromatic N) is 2. The molecule has 1 aromatic heterocycles. The van der Waals surface area contributed by atoms with Gasteiger partial charge in [-0.2, -0.15) is 4.31 Å². The van der Waals surface area contributed by atoms with E-state index in [0.29, 0.717) is 36.7 Å². The predicted molar refractivity (Wildman–Crippen MR) is 124 cm³/mol. The number of ether oxygens (including phenoxy) is 1.